The molecule has 104 valence electrons. The first-order valence-corrected chi connectivity index (χ1v) is 7.83. The lowest BCUT2D eigenvalue weighted by molar-refractivity contribution is 0.450. The van der Waals surface area contributed by atoms with E-state index in [1.807, 2.05) is 6.92 Å². The zero-order valence-corrected chi connectivity index (χ0v) is 12.7. The average molecular weight is 269 g/mol. The third-order valence-electron chi connectivity index (χ3n) is 3.03. The van der Waals surface area contributed by atoms with Gasteiger partial charge in [-0.2, -0.15) is 0 Å². The zero-order valence-electron chi connectivity index (χ0n) is 11.9. The highest BCUT2D eigenvalue weighted by atomic mass is 32.1. The highest BCUT2D eigenvalue weighted by Crippen LogP contribution is 2.09. The van der Waals surface area contributed by atoms with Crippen LogP contribution in [0.3, 0.4) is 0 Å². The molecule has 0 bridgehead atoms. The quantitative estimate of drug-likeness (QED) is 0.678. The predicted molar refractivity (Wildman–Crippen MR) is 80.1 cm³/mol. The van der Waals surface area contributed by atoms with Gasteiger partial charge in [0.2, 0.25) is 0 Å². The molecular formula is C14H27N3S. The van der Waals surface area contributed by atoms with Gasteiger partial charge in [-0.3, -0.25) is 0 Å². The van der Waals surface area contributed by atoms with Crippen molar-refractivity contribution in [1.29, 1.82) is 0 Å². The number of thiazole rings is 1. The van der Waals surface area contributed by atoms with Gasteiger partial charge in [0, 0.05) is 30.1 Å². The molecule has 18 heavy (non-hydrogen) atoms. The molecule has 1 aromatic heterocycles. The highest BCUT2D eigenvalue weighted by molar-refractivity contribution is 7.09. The van der Waals surface area contributed by atoms with Crippen LogP contribution in [0.25, 0.3) is 0 Å². The van der Waals surface area contributed by atoms with Crippen molar-refractivity contribution in [3.05, 3.63) is 16.1 Å². The Kier molecular flexibility index (Phi) is 7.47. The molecule has 0 saturated carbocycles. The second-order valence-corrected chi connectivity index (χ2v) is 6.29. The Morgan fingerprint density at radius 2 is 2.17 bits per heavy atom. The number of rotatable bonds is 9. The van der Waals surface area contributed by atoms with E-state index in [4.69, 9.17) is 5.73 Å². The van der Waals surface area contributed by atoms with Crippen molar-refractivity contribution in [3.63, 3.8) is 0 Å². The molecule has 0 fully saturated rings. The van der Waals surface area contributed by atoms with Gasteiger partial charge < -0.3 is 11.1 Å². The molecule has 1 aromatic rings. The van der Waals surface area contributed by atoms with Crippen LogP contribution in [-0.4, -0.2) is 24.1 Å². The number of aryl methyl sites for hydroxylation is 1. The van der Waals surface area contributed by atoms with Crippen LogP contribution >= 0.6 is 11.3 Å². The van der Waals surface area contributed by atoms with Gasteiger partial charge in [0.05, 0.1) is 5.01 Å². The summed E-state index contributed by atoms with van der Waals surface area (Å²) in [6, 6.07) is 0.346. The maximum absolute atomic E-state index is 5.75. The van der Waals surface area contributed by atoms with Crippen LogP contribution in [0.15, 0.2) is 5.38 Å². The molecule has 1 rings (SSSR count). The number of nitrogens with one attached hydrogen (secondary N) is 1. The molecule has 0 aliphatic carbocycles. The summed E-state index contributed by atoms with van der Waals surface area (Å²) in [5.74, 6) is 0.738. The fourth-order valence-corrected chi connectivity index (χ4v) is 2.73. The van der Waals surface area contributed by atoms with Gasteiger partial charge in [-0.15, -0.1) is 11.3 Å². The Hall–Kier alpha value is -0.450. The molecule has 4 heteroatoms. The maximum atomic E-state index is 5.75. The first kappa shape index (κ1) is 15.6. The molecule has 0 saturated heterocycles. The second kappa shape index (κ2) is 8.62. The highest BCUT2D eigenvalue weighted by Gasteiger charge is 2.03. The van der Waals surface area contributed by atoms with Crippen molar-refractivity contribution in [2.24, 2.45) is 11.7 Å². The van der Waals surface area contributed by atoms with Gasteiger partial charge >= 0.3 is 0 Å². The molecule has 2 unspecified atom stereocenters. The summed E-state index contributed by atoms with van der Waals surface area (Å²) in [6.07, 6.45) is 4.70. The van der Waals surface area contributed by atoms with E-state index in [1.165, 1.54) is 17.8 Å². The first-order chi connectivity index (χ1) is 8.58. The van der Waals surface area contributed by atoms with Crippen LogP contribution in [0.1, 0.15) is 43.8 Å². The van der Waals surface area contributed by atoms with Gasteiger partial charge in [0.15, 0.2) is 0 Å². The van der Waals surface area contributed by atoms with Crippen molar-refractivity contribution >= 4 is 11.3 Å². The van der Waals surface area contributed by atoms with Gasteiger partial charge in [-0.1, -0.05) is 13.3 Å². The monoisotopic (exact) mass is 269 g/mol. The molecule has 1 heterocycles. The van der Waals surface area contributed by atoms with Crippen molar-refractivity contribution in [1.82, 2.24) is 10.3 Å². The van der Waals surface area contributed by atoms with Crippen LogP contribution in [0.2, 0.25) is 0 Å². The summed E-state index contributed by atoms with van der Waals surface area (Å²) in [5.41, 5.74) is 6.88. The standard InChI is InChI=1S/C14H27N3S/c1-11(5-4-6-12(2)15)9-16-8-7-14-17-13(3)10-18-14/h10-12,16H,4-9,15H2,1-3H3. The second-order valence-electron chi connectivity index (χ2n) is 5.35. The van der Waals surface area contributed by atoms with Crippen LogP contribution in [0.5, 0.6) is 0 Å². The van der Waals surface area contributed by atoms with Crippen LogP contribution in [0, 0.1) is 12.8 Å². The number of hydrogen-bond acceptors (Lipinski definition) is 4. The van der Waals surface area contributed by atoms with Gasteiger partial charge in [0.25, 0.3) is 0 Å². The van der Waals surface area contributed by atoms with E-state index in [9.17, 15) is 0 Å². The number of nitrogens with two attached hydrogens (primary N) is 1. The number of aromatic nitrogens is 1. The number of hydrogen-bond donors (Lipinski definition) is 2. The van der Waals surface area contributed by atoms with Crippen molar-refractivity contribution in [2.45, 2.75) is 52.5 Å². The molecule has 3 N–H and O–H groups in total. The lowest BCUT2D eigenvalue weighted by atomic mass is 10.0. The third-order valence-corrected chi connectivity index (χ3v) is 4.06. The average Bonchev–Trinajstić information content (AvgIpc) is 2.70. The predicted octanol–water partition coefficient (Wildman–Crippen LogP) is 2.74. The topological polar surface area (TPSA) is 50.9 Å². The Balaban J connectivity index is 2.00. The Labute approximate surface area is 115 Å². The minimum atomic E-state index is 0.346. The molecule has 3 nitrogen and oxygen atoms in total. The summed E-state index contributed by atoms with van der Waals surface area (Å²) in [7, 11) is 0. The molecule has 0 amide bonds. The Bertz CT molecular complexity index is 323. The van der Waals surface area contributed by atoms with Crippen LogP contribution in [-0.2, 0) is 6.42 Å². The van der Waals surface area contributed by atoms with Crippen LogP contribution < -0.4 is 11.1 Å². The van der Waals surface area contributed by atoms with E-state index in [0.717, 1.165) is 37.5 Å². The largest absolute Gasteiger partial charge is 0.328 e. The summed E-state index contributed by atoms with van der Waals surface area (Å²) in [5, 5.41) is 6.87. The summed E-state index contributed by atoms with van der Waals surface area (Å²) < 4.78 is 0. The van der Waals surface area contributed by atoms with Gasteiger partial charge in [-0.05, 0) is 39.2 Å². The van der Waals surface area contributed by atoms with Gasteiger partial charge in [-0.25, -0.2) is 4.98 Å². The minimum absolute atomic E-state index is 0.346. The molecule has 2 atom stereocenters. The molecule has 0 aliphatic rings. The summed E-state index contributed by atoms with van der Waals surface area (Å²) in [6.45, 7) is 8.57. The third kappa shape index (κ3) is 7.09. The van der Waals surface area contributed by atoms with Gasteiger partial charge in [0.1, 0.15) is 0 Å². The van der Waals surface area contributed by atoms with E-state index in [-0.39, 0.29) is 0 Å². The van der Waals surface area contributed by atoms with Crippen molar-refractivity contribution < 1.29 is 0 Å². The number of nitrogens with zero attached hydrogens (tertiary/aromatic N) is 1. The molecule has 0 aliphatic heterocycles. The van der Waals surface area contributed by atoms with E-state index in [2.05, 4.69) is 29.5 Å². The fraction of sp³-hybridized carbons (Fsp3) is 0.786. The first-order valence-electron chi connectivity index (χ1n) is 6.95. The van der Waals surface area contributed by atoms with E-state index in [0.29, 0.717) is 6.04 Å². The summed E-state index contributed by atoms with van der Waals surface area (Å²) in [4.78, 5) is 4.46. The molecule has 0 aromatic carbocycles. The SMILES string of the molecule is Cc1csc(CCNCC(C)CCCC(C)N)n1. The fourth-order valence-electron chi connectivity index (χ4n) is 1.95. The zero-order chi connectivity index (χ0) is 13.4. The van der Waals surface area contributed by atoms with E-state index in [1.54, 1.807) is 11.3 Å². The Morgan fingerprint density at radius 3 is 2.78 bits per heavy atom. The van der Waals surface area contributed by atoms with Crippen LogP contribution in [0.4, 0.5) is 0 Å². The molecule has 0 spiro atoms. The van der Waals surface area contributed by atoms with Crippen molar-refractivity contribution in [2.75, 3.05) is 13.1 Å². The maximum Gasteiger partial charge on any atom is 0.0940 e. The smallest absolute Gasteiger partial charge is 0.0940 e. The lowest BCUT2D eigenvalue weighted by Gasteiger charge is -2.13. The Morgan fingerprint density at radius 1 is 1.39 bits per heavy atom. The van der Waals surface area contributed by atoms with E-state index >= 15 is 0 Å². The molecule has 0 radical (unpaired) electrons. The minimum Gasteiger partial charge on any atom is -0.328 e. The van der Waals surface area contributed by atoms with E-state index < -0.39 is 0 Å². The normalized spacial score (nSPS) is 14.7. The van der Waals surface area contributed by atoms with Crippen molar-refractivity contribution in [3.8, 4) is 0 Å². The lowest BCUT2D eigenvalue weighted by Crippen LogP contribution is -2.24. The molecular weight excluding hydrogens is 242 g/mol. The summed E-state index contributed by atoms with van der Waals surface area (Å²) >= 11 is 1.76.